The van der Waals surface area contributed by atoms with Gasteiger partial charge in [-0.15, -0.1) is 0 Å². The lowest BCUT2D eigenvalue weighted by atomic mass is 9.93. The molecule has 0 bridgehead atoms. The minimum atomic E-state index is -0.418. The topological polar surface area (TPSA) is 60.2 Å². The lowest BCUT2D eigenvalue weighted by molar-refractivity contribution is -0.384. The number of Topliss-reactive ketones (excluding diaryl/α,β-unsaturated/α-hetero) is 1. The number of carbonyl (C=O) groups is 1. The van der Waals surface area contributed by atoms with E-state index >= 15 is 0 Å². The first-order chi connectivity index (χ1) is 7.54. The van der Waals surface area contributed by atoms with E-state index in [0.29, 0.717) is 6.42 Å². The van der Waals surface area contributed by atoms with E-state index < -0.39 is 4.92 Å². The third-order valence-electron chi connectivity index (χ3n) is 2.67. The SMILES string of the molecule is CC[C@@H](Cc1cccc([N+](=O)[O-])c1)C(C)=O. The van der Waals surface area contributed by atoms with Crippen LogP contribution in [0.3, 0.4) is 0 Å². The van der Waals surface area contributed by atoms with Crippen molar-refractivity contribution in [2.24, 2.45) is 5.92 Å². The zero-order chi connectivity index (χ0) is 12.1. The van der Waals surface area contributed by atoms with E-state index in [-0.39, 0.29) is 17.4 Å². The van der Waals surface area contributed by atoms with Crippen molar-refractivity contribution in [2.75, 3.05) is 0 Å². The van der Waals surface area contributed by atoms with Gasteiger partial charge in [0, 0.05) is 18.1 Å². The molecule has 0 heterocycles. The summed E-state index contributed by atoms with van der Waals surface area (Å²) in [6, 6.07) is 6.46. The summed E-state index contributed by atoms with van der Waals surface area (Å²) in [5.41, 5.74) is 0.923. The van der Waals surface area contributed by atoms with Crippen molar-refractivity contribution in [1.82, 2.24) is 0 Å². The van der Waals surface area contributed by atoms with Gasteiger partial charge in [-0.05, 0) is 25.3 Å². The number of nitrogens with zero attached hydrogens (tertiary/aromatic N) is 1. The van der Waals surface area contributed by atoms with Gasteiger partial charge in [0.15, 0.2) is 0 Å². The Balaban J connectivity index is 2.84. The highest BCUT2D eigenvalue weighted by atomic mass is 16.6. The number of benzene rings is 1. The lowest BCUT2D eigenvalue weighted by Gasteiger charge is -2.10. The number of rotatable bonds is 5. The highest BCUT2D eigenvalue weighted by molar-refractivity contribution is 5.78. The van der Waals surface area contributed by atoms with Crippen molar-refractivity contribution < 1.29 is 9.72 Å². The van der Waals surface area contributed by atoms with E-state index in [1.807, 2.05) is 13.0 Å². The third kappa shape index (κ3) is 3.15. The molecule has 16 heavy (non-hydrogen) atoms. The highest BCUT2D eigenvalue weighted by Crippen LogP contribution is 2.18. The summed E-state index contributed by atoms with van der Waals surface area (Å²) in [7, 11) is 0. The van der Waals surface area contributed by atoms with Crippen LogP contribution in [0.1, 0.15) is 25.8 Å². The molecule has 1 atom stereocenters. The molecule has 0 N–H and O–H groups in total. The van der Waals surface area contributed by atoms with Crippen LogP contribution in [0.2, 0.25) is 0 Å². The largest absolute Gasteiger partial charge is 0.300 e. The maximum Gasteiger partial charge on any atom is 0.269 e. The molecule has 0 saturated carbocycles. The first-order valence-electron chi connectivity index (χ1n) is 5.28. The van der Waals surface area contributed by atoms with Gasteiger partial charge in [0.2, 0.25) is 0 Å². The summed E-state index contributed by atoms with van der Waals surface area (Å²) >= 11 is 0. The van der Waals surface area contributed by atoms with Crippen LogP contribution in [0.5, 0.6) is 0 Å². The Morgan fingerprint density at radius 2 is 2.19 bits per heavy atom. The molecule has 1 aromatic rings. The van der Waals surface area contributed by atoms with E-state index in [1.165, 1.54) is 12.1 Å². The highest BCUT2D eigenvalue weighted by Gasteiger charge is 2.14. The molecule has 0 aliphatic heterocycles. The van der Waals surface area contributed by atoms with Gasteiger partial charge in [-0.1, -0.05) is 19.1 Å². The molecule has 4 heteroatoms. The van der Waals surface area contributed by atoms with Crippen molar-refractivity contribution in [1.29, 1.82) is 0 Å². The summed E-state index contributed by atoms with van der Waals surface area (Å²) in [6.07, 6.45) is 1.34. The average Bonchev–Trinajstić information content (AvgIpc) is 2.25. The molecule has 0 saturated heterocycles. The van der Waals surface area contributed by atoms with E-state index in [9.17, 15) is 14.9 Å². The molecule has 1 aromatic carbocycles. The molecule has 0 aromatic heterocycles. The van der Waals surface area contributed by atoms with Gasteiger partial charge >= 0.3 is 0 Å². The number of non-ortho nitro benzene ring substituents is 1. The van der Waals surface area contributed by atoms with Crippen LogP contribution >= 0.6 is 0 Å². The molecule has 0 amide bonds. The second-order valence-corrected chi connectivity index (χ2v) is 3.85. The third-order valence-corrected chi connectivity index (χ3v) is 2.67. The molecular weight excluding hydrogens is 206 g/mol. The second-order valence-electron chi connectivity index (χ2n) is 3.85. The van der Waals surface area contributed by atoms with E-state index in [0.717, 1.165) is 12.0 Å². The normalized spacial score (nSPS) is 12.1. The van der Waals surface area contributed by atoms with Crippen LogP contribution in [0.15, 0.2) is 24.3 Å². The van der Waals surface area contributed by atoms with Gasteiger partial charge in [-0.25, -0.2) is 0 Å². The molecule has 4 nitrogen and oxygen atoms in total. The van der Waals surface area contributed by atoms with Crippen LogP contribution < -0.4 is 0 Å². The summed E-state index contributed by atoms with van der Waals surface area (Å²) in [4.78, 5) is 21.4. The molecule has 0 spiro atoms. The maximum atomic E-state index is 11.3. The lowest BCUT2D eigenvalue weighted by Crippen LogP contribution is -2.12. The molecular formula is C12H15NO3. The first-order valence-corrected chi connectivity index (χ1v) is 5.28. The number of hydrogen-bond acceptors (Lipinski definition) is 3. The smallest absolute Gasteiger partial charge is 0.269 e. The van der Waals surface area contributed by atoms with E-state index in [4.69, 9.17) is 0 Å². The average molecular weight is 221 g/mol. The minimum absolute atomic E-state index is 0.0398. The monoisotopic (exact) mass is 221 g/mol. The Morgan fingerprint density at radius 1 is 1.50 bits per heavy atom. The predicted molar refractivity (Wildman–Crippen MR) is 61.3 cm³/mol. The summed E-state index contributed by atoms with van der Waals surface area (Å²) in [6.45, 7) is 3.51. The summed E-state index contributed by atoms with van der Waals surface area (Å²) in [5, 5.41) is 10.6. The van der Waals surface area contributed by atoms with Crippen molar-refractivity contribution >= 4 is 11.5 Å². The van der Waals surface area contributed by atoms with Crippen molar-refractivity contribution in [2.45, 2.75) is 26.7 Å². The number of nitro groups is 1. The maximum absolute atomic E-state index is 11.3. The van der Waals surface area contributed by atoms with Crippen molar-refractivity contribution in [3.63, 3.8) is 0 Å². The van der Waals surface area contributed by atoms with Gasteiger partial charge in [0.05, 0.1) is 4.92 Å². The molecule has 1 rings (SSSR count). The van der Waals surface area contributed by atoms with Gasteiger partial charge in [-0.3, -0.25) is 14.9 Å². The fourth-order valence-electron chi connectivity index (χ4n) is 1.66. The van der Waals surface area contributed by atoms with Crippen LogP contribution in [0.4, 0.5) is 5.69 Å². The van der Waals surface area contributed by atoms with Crippen molar-refractivity contribution in [3.8, 4) is 0 Å². The first kappa shape index (κ1) is 12.4. The quantitative estimate of drug-likeness (QED) is 0.567. The Morgan fingerprint density at radius 3 is 2.69 bits per heavy atom. The van der Waals surface area contributed by atoms with Crippen LogP contribution in [0.25, 0.3) is 0 Å². The predicted octanol–water partition coefficient (Wildman–Crippen LogP) is 2.75. The standard InChI is InChI=1S/C12H15NO3/c1-3-11(9(2)14)7-10-5-4-6-12(8-10)13(15)16/h4-6,8,11H,3,7H2,1-2H3/t11-/m0/s1. The molecule has 0 aliphatic carbocycles. The molecule has 0 unspecified atom stereocenters. The van der Waals surface area contributed by atoms with Gasteiger partial charge < -0.3 is 0 Å². The Labute approximate surface area is 94.4 Å². The number of hydrogen-bond donors (Lipinski definition) is 0. The van der Waals surface area contributed by atoms with Gasteiger partial charge in [-0.2, -0.15) is 0 Å². The minimum Gasteiger partial charge on any atom is -0.300 e. The fraction of sp³-hybridized carbons (Fsp3) is 0.417. The number of carbonyl (C=O) groups excluding carboxylic acids is 1. The zero-order valence-electron chi connectivity index (χ0n) is 9.47. The van der Waals surface area contributed by atoms with Crippen LogP contribution in [0, 0.1) is 16.0 Å². The van der Waals surface area contributed by atoms with Crippen LogP contribution in [-0.2, 0) is 11.2 Å². The summed E-state index contributed by atoms with van der Waals surface area (Å²) in [5.74, 6) is 0.0935. The van der Waals surface area contributed by atoms with E-state index in [1.54, 1.807) is 13.0 Å². The van der Waals surface area contributed by atoms with Crippen LogP contribution in [-0.4, -0.2) is 10.7 Å². The Kier molecular flexibility index (Phi) is 4.17. The van der Waals surface area contributed by atoms with Gasteiger partial charge in [0.1, 0.15) is 5.78 Å². The summed E-state index contributed by atoms with van der Waals surface area (Å²) < 4.78 is 0. The molecule has 86 valence electrons. The second kappa shape index (κ2) is 5.39. The molecule has 0 fully saturated rings. The molecule has 0 radical (unpaired) electrons. The Hall–Kier alpha value is -1.71. The Bertz CT molecular complexity index is 401. The fourth-order valence-corrected chi connectivity index (χ4v) is 1.66. The number of ketones is 1. The van der Waals surface area contributed by atoms with E-state index in [2.05, 4.69) is 0 Å². The number of nitro benzene ring substituents is 1. The van der Waals surface area contributed by atoms with Gasteiger partial charge in [0.25, 0.3) is 5.69 Å². The zero-order valence-corrected chi connectivity index (χ0v) is 9.47. The molecule has 0 aliphatic rings. The van der Waals surface area contributed by atoms with Crippen molar-refractivity contribution in [3.05, 3.63) is 39.9 Å².